The largest absolute Gasteiger partial charge is 0.233 e. The van der Waals surface area contributed by atoms with Crippen LogP contribution in [0, 0.1) is 5.95 Å². The lowest BCUT2D eigenvalue weighted by Crippen LogP contribution is -1.93. The first kappa shape index (κ1) is 7.60. The van der Waals surface area contributed by atoms with Crippen molar-refractivity contribution in [3.63, 3.8) is 0 Å². The highest BCUT2D eigenvalue weighted by Gasteiger charge is 2.00. The number of hydrogen-bond donors (Lipinski definition) is 0. The molecule has 0 amide bonds. The first-order valence-corrected chi connectivity index (χ1v) is 3.71. The van der Waals surface area contributed by atoms with E-state index in [2.05, 4.69) is 26.1 Å². The fourth-order valence-corrected chi connectivity index (χ4v) is 1.11. The molecule has 0 aliphatic carbocycles. The first-order chi connectivity index (χ1) is 4.74. The van der Waals surface area contributed by atoms with E-state index >= 15 is 0 Å². The van der Waals surface area contributed by atoms with Gasteiger partial charge in [-0.3, -0.25) is 0 Å². The molecule has 0 aromatic carbocycles. The SMILES string of the molecule is CCc1cc(F)nnc1Br. The van der Waals surface area contributed by atoms with Crippen LogP contribution in [-0.2, 0) is 6.42 Å². The summed E-state index contributed by atoms with van der Waals surface area (Å²) in [5, 5.41) is 6.76. The van der Waals surface area contributed by atoms with E-state index in [4.69, 9.17) is 0 Å². The van der Waals surface area contributed by atoms with Crippen LogP contribution in [0.4, 0.5) is 4.39 Å². The number of aromatic nitrogens is 2. The average molecular weight is 205 g/mol. The Bertz CT molecular complexity index is 239. The molecule has 4 heteroatoms. The second-order valence-corrected chi connectivity index (χ2v) is 2.59. The van der Waals surface area contributed by atoms with Gasteiger partial charge in [0, 0.05) is 6.07 Å². The summed E-state index contributed by atoms with van der Waals surface area (Å²) in [6, 6.07) is 1.37. The Labute approximate surface area is 66.6 Å². The summed E-state index contributed by atoms with van der Waals surface area (Å²) in [5.74, 6) is -0.528. The standard InChI is InChI=1S/C6H6BrFN2/c1-2-4-3-5(8)9-10-6(4)7/h3H,2H2,1H3. The van der Waals surface area contributed by atoms with Crippen molar-refractivity contribution in [2.24, 2.45) is 0 Å². The molecule has 1 aromatic heterocycles. The van der Waals surface area contributed by atoms with Gasteiger partial charge in [0.1, 0.15) is 4.60 Å². The number of rotatable bonds is 1. The minimum Gasteiger partial charge on any atom is -0.183 e. The zero-order valence-electron chi connectivity index (χ0n) is 5.43. The molecule has 0 atom stereocenters. The average Bonchev–Trinajstić information content (AvgIpc) is 1.94. The van der Waals surface area contributed by atoms with Gasteiger partial charge in [-0.1, -0.05) is 6.92 Å². The van der Waals surface area contributed by atoms with Crippen molar-refractivity contribution in [2.75, 3.05) is 0 Å². The number of halogens is 2. The molecule has 0 N–H and O–H groups in total. The predicted molar refractivity (Wildman–Crippen MR) is 39.1 cm³/mol. The highest BCUT2D eigenvalue weighted by Crippen LogP contribution is 2.12. The topological polar surface area (TPSA) is 25.8 Å². The quantitative estimate of drug-likeness (QED) is 0.700. The van der Waals surface area contributed by atoms with Crippen molar-refractivity contribution in [2.45, 2.75) is 13.3 Å². The second kappa shape index (κ2) is 3.05. The molecule has 2 nitrogen and oxygen atoms in total. The Morgan fingerprint density at radius 1 is 1.60 bits per heavy atom. The van der Waals surface area contributed by atoms with E-state index in [1.54, 1.807) is 0 Å². The monoisotopic (exact) mass is 204 g/mol. The number of nitrogens with zero attached hydrogens (tertiary/aromatic N) is 2. The Morgan fingerprint density at radius 2 is 2.30 bits per heavy atom. The van der Waals surface area contributed by atoms with Gasteiger partial charge in [0.2, 0.25) is 5.95 Å². The van der Waals surface area contributed by atoms with Crippen LogP contribution in [0.3, 0.4) is 0 Å². The maximum atomic E-state index is 12.3. The summed E-state index contributed by atoms with van der Waals surface area (Å²) in [4.78, 5) is 0. The minimum absolute atomic E-state index is 0.528. The van der Waals surface area contributed by atoms with E-state index in [0.717, 1.165) is 12.0 Å². The van der Waals surface area contributed by atoms with Crippen LogP contribution in [0.2, 0.25) is 0 Å². The molecule has 1 heterocycles. The Hall–Kier alpha value is -0.510. The molecule has 0 aliphatic rings. The van der Waals surface area contributed by atoms with Gasteiger partial charge in [-0.05, 0) is 27.9 Å². The van der Waals surface area contributed by atoms with Crippen molar-refractivity contribution in [3.8, 4) is 0 Å². The third-order valence-electron chi connectivity index (χ3n) is 1.17. The highest BCUT2D eigenvalue weighted by atomic mass is 79.9. The summed E-state index contributed by atoms with van der Waals surface area (Å²) in [6.07, 6.45) is 0.757. The fraction of sp³-hybridized carbons (Fsp3) is 0.333. The van der Waals surface area contributed by atoms with Gasteiger partial charge in [0.05, 0.1) is 0 Å². The molecule has 0 saturated carbocycles. The van der Waals surface area contributed by atoms with Gasteiger partial charge in [0.25, 0.3) is 0 Å². The third kappa shape index (κ3) is 1.50. The van der Waals surface area contributed by atoms with Crippen LogP contribution >= 0.6 is 15.9 Å². The van der Waals surface area contributed by atoms with Crippen molar-refractivity contribution in [1.82, 2.24) is 10.2 Å². The molecule has 0 spiro atoms. The lowest BCUT2D eigenvalue weighted by molar-refractivity contribution is 0.558. The van der Waals surface area contributed by atoms with Crippen molar-refractivity contribution < 1.29 is 4.39 Å². The Balaban J connectivity index is 3.09. The molecule has 0 bridgehead atoms. The lowest BCUT2D eigenvalue weighted by atomic mass is 10.2. The minimum atomic E-state index is -0.528. The van der Waals surface area contributed by atoms with Gasteiger partial charge >= 0.3 is 0 Å². The van der Waals surface area contributed by atoms with E-state index in [1.807, 2.05) is 6.92 Å². The second-order valence-electron chi connectivity index (χ2n) is 1.84. The van der Waals surface area contributed by atoms with Gasteiger partial charge in [-0.15, -0.1) is 10.2 Å². The highest BCUT2D eigenvalue weighted by molar-refractivity contribution is 9.10. The summed E-state index contributed by atoms with van der Waals surface area (Å²) >= 11 is 3.15. The summed E-state index contributed by atoms with van der Waals surface area (Å²) in [7, 11) is 0. The molecule has 10 heavy (non-hydrogen) atoms. The van der Waals surface area contributed by atoms with E-state index in [0.29, 0.717) is 4.60 Å². The fourth-order valence-electron chi connectivity index (χ4n) is 0.636. The van der Waals surface area contributed by atoms with Gasteiger partial charge in [0.15, 0.2) is 0 Å². The summed E-state index contributed by atoms with van der Waals surface area (Å²) in [6.45, 7) is 1.93. The van der Waals surface area contributed by atoms with E-state index in [1.165, 1.54) is 6.07 Å². The predicted octanol–water partition coefficient (Wildman–Crippen LogP) is 1.94. The number of aryl methyl sites for hydroxylation is 1. The Kier molecular flexibility index (Phi) is 2.32. The Morgan fingerprint density at radius 3 is 2.80 bits per heavy atom. The third-order valence-corrected chi connectivity index (χ3v) is 1.84. The van der Waals surface area contributed by atoms with E-state index in [-0.39, 0.29) is 0 Å². The maximum Gasteiger partial charge on any atom is 0.233 e. The van der Waals surface area contributed by atoms with Gasteiger partial charge in [-0.25, -0.2) is 0 Å². The molecule has 0 saturated heterocycles. The molecule has 1 aromatic rings. The first-order valence-electron chi connectivity index (χ1n) is 2.91. The normalized spacial score (nSPS) is 9.90. The zero-order chi connectivity index (χ0) is 7.56. The van der Waals surface area contributed by atoms with Crippen molar-refractivity contribution in [1.29, 1.82) is 0 Å². The molecule has 0 unspecified atom stereocenters. The van der Waals surface area contributed by atoms with Crippen molar-refractivity contribution in [3.05, 3.63) is 22.2 Å². The maximum absolute atomic E-state index is 12.3. The molecule has 54 valence electrons. The number of hydrogen-bond acceptors (Lipinski definition) is 2. The lowest BCUT2D eigenvalue weighted by Gasteiger charge is -1.96. The van der Waals surface area contributed by atoms with Crippen LogP contribution in [0.5, 0.6) is 0 Å². The summed E-state index contributed by atoms with van der Waals surface area (Å²) in [5.41, 5.74) is 0.840. The van der Waals surface area contributed by atoms with Crippen LogP contribution in [0.1, 0.15) is 12.5 Å². The van der Waals surface area contributed by atoms with Crippen LogP contribution in [0.15, 0.2) is 10.7 Å². The molecular weight excluding hydrogens is 199 g/mol. The molecule has 0 radical (unpaired) electrons. The van der Waals surface area contributed by atoms with E-state index < -0.39 is 5.95 Å². The molecule has 0 fully saturated rings. The van der Waals surface area contributed by atoms with Crippen molar-refractivity contribution >= 4 is 15.9 Å². The van der Waals surface area contributed by atoms with Crippen LogP contribution in [0.25, 0.3) is 0 Å². The smallest absolute Gasteiger partial charge is 0.183 e. The molecular formula is C6H6BrFN2. The van der Waals surface area contributed by atoms with Gasteiger partial charge < -0.3 is 0 Å². The zero-order valence-corrected chi connectivity index (χ0v) is 7.02. The molecule has 0 aliphatic heterocycles. The molecule has 1 rings (SSSR count). The van der Waals surface area contributed by atoms with Crippen LogP contribution in [-0.4, -0.2) is 10.2 Å². The summed E-state index contributed by atoms with van der Waals surface area (Å²) < 4.78 is 13.0. The van der Waals surface area contributed by atoms with Crippen LogP contribution < -0.4 is 0 Å². The van der Waals surface area contributed by atoms with E-state index in [9.17, 15) is 4.39 Å². The van der Waals surface area contributed by atoms with Gasteiger partial charge in [-0.2, -0.15) is 4.39 Å².